The predicted molar refractivity (Wildman–Crippen MR) is 160 cm³/mol. The first-order chi connectivity index (χ1) is 22.3. The van der Waals surface area contributed by atoms with Crippen molar-refractivity contribution < 1.29 is 37.5 Å². The van der Waals surface area contributed by atoms with Crippen LogP contribution < -0.4 is 20.1 Å². The fourth-order valence-electron chi connectivity index (χ4n) is 6.96. The van der Waals surface area contributed by atoms with E-state index in [-0.39, 0.29) is 36.1 Å². The van der Waals surface area contributed by atoms with Crippen LogP contribution in [0.5, 0.6) is 12.2 Å². The van der Waals surface area contributed by atoms with Crippen molar-refractivity contribution in [3.05, 3.63) is 59.7 Å². The molecular formula is C32H30N6O8. The zero-order valence-electron chi connectivity index (χ0n) is 24.6. The first kappa shape index (κ1) is 28.4. The highest BCUT2D eigenvalue weighted by molar-refractivity contribution is 5.98. The first-order valence-electron chi connectivity index (χ1n) is 15.3. The Balaban J connectivity index is 0.850. The second-order valence-corrected chi connectivity index (χ2v) is 12.3. The van der Waals surface area contributed by atoms with E-state index in [0.29, 0.717) is 45.2 Å². The van der Waals surface area contributed by atoms with Crippen LogP contribution in [0.1, 0.15) is 33.6 Å². The molecule has 8 rings (SSSR count). The van der Waals surface area contributed by atoms with E-state index in [0.717, 1.165) is 64.3 Å². The third-order valence-corrected chi connectivity index (χ3v) is 9.29. The number of oxazole rings is 2. The van der Waals surface area contributed by atoms with Gasteiger partial charge in [-0.2, -0.15) is 9.97 Å². The molecule has 4 bridgehead atoms. The number of fused-ring (bicyclic) bond motifs is 6. The molecule has 6 unspecified atom stereocenters. The van der Waals surface area contributed by atoms with Crippen molar-refractivity contribution in [2.45, 2.75) is 24.9 Å². The lowest BCUT2D eigenvalue weighted by atomic mass is 9.99. The van der Waals surface area contributed by atoms with Gasteiger partial charge in [0.2, 0.25) is 0 Å². The number of amides is 2. The molecule has 6 atom stereocenters. The van der Waals surface area contributed by atoms with Crippen molar-refractivity contribution in [2.75, 3.05) is 39.3 Å². The summed E-state index contributed by atoms with van der Waals surface area (Å²) in [6.45, 7) is 5.93. The van der Waals surface area contributed by atoms with Crippen LogP contribution in [-0.2, 0) is 9.59 Å². The van der Waals surface area contributed by atoms with E-state index in [1.807, 2.05) is 0 Å². The molecule has 14 nitrogen and oxygen atoms in total. The van der Waals surface area contributed by atoms with Crippen molar-refractivity contribution >= 4 is 46.0 Å². The Morgan fingerprint density at radius 3 is 1.54 bits per heavy atom. The smallest absolute Gasteiger partial charge is 0.402 e. The molecule has 4 aliphatic heterocycles. The number of nitrogens with zero attached hydrogens (tertiary/aromatic N) is 4. The van der Waals surface area contributed by atoms with Gasteiger partial charge in [0, 0.05) is 61.5 Å². The third kappa shape index (κ3) is 5.61. The summed E-state index contributed by atoms with van der Waals surface area (Å²) in [6.07, 6.45) is 3.19. The quantitative estimate of drug-likeness (QED) is 0.216. The summed E-state index contributed by atoms with van der Waals surface area (Å²) >= 11 is 0. The zero-order chi connectivity index (χ0) is 31.4. The number of benzene rings is 2. The van der Waals surface area contributed by atoms with E-state index in [2.05, 4.69) is 30.4 Å². The molecular weight excluding hydrogens is 596 g/mol. The number of rotatable bonds is 8. The summed E-state index contributed by atoms with van der Waals surface area (Å²) in [5, 5.41) is 6.20. The molecule has 6 heterocycles. The summed E-state index contributed by atoms with van der Waals surface area (Å²) in [4.78, 5) is 63.2. The number of hydrogen-bond donors (Lipinski definition) is 2. The summed E-state index contributed by atoms with van der Waals surface area (Å²) in [7, 11) is 0. The molecule has 4 saturated heterocycles. The van der Waals surface area contributed by atoms with Crippen LogP contribution in [-0.4, -0.2) is 94.9 Å². The zero-order valence-corrected chi connectivity index (χ0v) is 24.6. The second kappa shape index (κ2) is 11.4. The van der Waals surface area contributed by atoms with Crippen molar-refractivity contribution in [2.24, 2.45) is 11.8 Å². The van der Waals surface area contributed by atoms with Crippen LogP contribution in [0.3, 0.4) is 0 Å². The van der Waals surface area contributed by atoms with Crippen LogP contribution in [0.2, 0.25) is 0 Å². The molecule has 2 N–H and O–H groups in total. The third-order valence-electron chi connectivity index (χ3n) is 9.29. The lowest BCUT2D eigenvalue weighted by molar-refractivity contribution is -0.133. The Hall–Kier alpha value is -5.08. The van der Waals surface area contributed by atoms with Gasteiger partial charge >= 0.3 is 24.1 Å². The lowest BCUT2D eigenvalue weighted by Crippen LogP contribution is -2.43. The van der Waals surface area contributed by atoms with Gasteiger partial charge in [0.1, 0.15) is 11.0 Å². The minimum Gasteiger partial charge on any atom is -0.409 e. The lowest BCUT2D eigenvalue weighted by Gasteiger charge is -2.23. The van der Waals surface area contributed by atoms with Crippen LogP contribution >= 0.6 is 0 Å². The molecule has 2 amide bonds. The average molecular weight is 627 g/mol. The van der Waals surface area contributed by atoms with E-state index in [1.165, 1.54) is 0 Å². The molecule has 4 fully saturated rings. The van der Waals surface area contributed by atoms with Gasteiger partial charge in [-0.05, 0) is 74.2 Å². The monoisotopic (exact) mass is 626 g/mol. The molecule has 2 aromatic carbocycles. The Morgan fingerprint density at radius 2 is 1.15 bits per heavy atom. The van der Waals surface area contributed by atoms with Crippen molar-refractivity contribution in [1.82, 2.24) is 30.4 Å². The van der Waals surface area contributed by atoms with Crippen LogP contribution in [0.15, 0.2) is 57.4 Å². The minimum atomic E-state index is -0.937. The van der Waals surface area contributed by atoms with Crippen molar-refractivity contribution in [3.8, 4) is 12.2 Å². The molecule has 236 valence electrons. The van der Waals surface area contributed by atoms with Gasteiger partial charge in [-0.3, -0.25) is 9.59 Å². The van der Waals surface area contributed by atoms with E-state index in [9.17, 15) is 19.2 Å². The fourth-order valence-corrected chi connectivity index (χ4v) is 6.96. The number of ether oxygens (including phenoxy) is 2. The Bertz CT molecular complexity index is 1780. The molecule has 0 radical (unpaired) electrons. The Morgan fingerprint density at radius 1 is 0.696 bits per heavy atom. The number of hydrogen-bond acceptors (Lipinski definition) is 12. The maximum absolute atomic E-state index is 12.8. The first-order valence-corrected chi connectivity index (χ1v) is 15.3. The highest BCUT2D eigenvalue weighted by Crippen LogP contribution is 2.30. The number of aromatic nitrogens is 2. The molecule has 46 heavy (non-hydrogen) atoms. The number of piperidine rings is 2. The van der Waals surface area contributed by atoms with Gasteiger partial charge in [0.25, 0.3) is 11.8 Å². The number of nitrogens with one attached hydrogen (secondary N) is 2. The summed E-state index contributed by atoms with van der Waals surface area (Å²) in [5.41, 5.74) is 2.19. The van der Waals surface area contributed by atoms with E-state index in [1.54, 1.807) is 36.4 Å². The van der Waals surface area contributed by atoms with Gasteiger partial charge < -0.3 is 38.7 Å². The molecule has 2 aromatic heterocycles. The summed E-state index contributed by atoms with van der Waals surface area (Å²) in [6, 6.07) is 9.81. The molecule has 4 aromatic rings. The number of carbonyl (C=O) groups excluding carboxylic acids is 4. The van der Waals surface area contributed by atoms with Gasteiger partial charge in [0.15, 0.2) is 11.2 Å². The molecule has 0 saturated carbocycles. The molecule has 0 spiro atoms. The largest absolute Gasteiger partial charge is 0.409 e. The van der Waals surface area contributed by atoms with Gasteiger partial charge in [-0.15, -0.1) is 0 Å². The molecule has 14 heteroatoms. The van der Waals surface area contributed by atoms with E-state index < -0.39 is 11.9 Å². The molecule has 4 aliphatic rings. The average Bonchev–Trinajstić information content (AvgIpc) is 3.89. The van der Waals surface area contributed by atoms with Crippen LogP contribution in [0, 0.1) is 11.8 Å². The topological polar surface area (TPSA) is 169 Å². The predicted octanol–water partition coefficient (Wildman–Crippen LogP) is 1.90. The fraction of sp³-hybridized carbons (Fsp3) is 0.375. The molecule has 0 aliphatic carbocycles. The van der Waals surface area contributed by atoms with Gasteiger partial charge in [-0.1, -0.05) is 0 Å². The Kier molecular flexibility index (Phi) is 7.02. The highest BCUT2D eigenvalue weighted by Gasteiger charge is 2.39. The maximum atomic E-state index is 12.8. The maximum Gasteiger partial charge on any atom is 0.402 e. The standard InChI is InChI=1S/C32H30N6O8/c39-27(45-31-35-21-11-17(1-3-25(21)43-31)29(41)33-23-15-37-9-7-19(23)13-37)5-6-28(40)46-32-36-22-12-18(2-4-26(22)44-32)30(42)34-24-16-38-10-8-20(24)14-38/h1-6,11-12,19-20,23-24H,7-10,13-16H2,(H,33,41)(H,34,42)/b6-5+. The Labute approximate surface area is 261 Å². The normalized spacial score (nSPS) is 26.3. The SMILES string of the molecule is O=C(/C=C/C(=O)Oc1nc2cc(C(=O)NC3CN4CCC3C4)ccc2o1)Oc1nc2cc(C(=O)NC3CN4CCC3C4)ccc2o1. The number of esters is 2. The minimum absolute atomic E-state index is 0.132. The van der Waals surface area contributed by atoms with Crippen molar-refractivity contribution in [1.29, 1.82) is 0 Å². The van der Waals surface area contributed by atoms with Gasteiger partial charge in [0.05, 0.1) is 0 Å². The summed E-state index contributed by atoms with van der Waals surface area (Å²) < 4.78 is 21.1. The van der Waals surface area contributed by atoms with Gasteiger partial charge in [-0.25, -0.2) is 9.59 Å². The second-order valence-electron chi connectivity index (χ2n) is 12.3. The van der Waals surface area contributed by atoms with Crippen LogP contribution in [0.25, 0.3) is 22.2 Å². The number of carbonyl (C=O) groups is 4. The van der Waals surface area contributed by atoms with E-state index in [4.69, 9.17) is 18.3 Å². The van der Waals surface area contributed by atoms with Crippen molar-refractivity contribution in [3.63, 3.8) is 0 Å². The highest BCUT2D eigenvalue weighted by atomic mass is 16.6. The van der Waals surface area contributed by atoms with Crippen LogP contribution in [0.4, 0.5) is 0 Å². The van der Waals surface area contributed by atoms with E-state index >= 15 is 0 Å². The summed E-state index contributed by atoms with van der Waals surface area (Å²) in [5.74, 6) is -1.31.